The molecule has 25 heavy (non-hydrogen) atoms. The Labute approximate surface area is 151 Å². The van der Waals surface area contributed by atoms with Crippen molar-refractivity contribution in [2.24, 2.45) is 5.92 Å². The molecular formula is C19H19ClN2O3. The lowest BCUT2D eigenvalue weighted by Gasteiger charge is -2.11. The molecular weight excluding hydrogens is 340 g/mol. The van der Waals surface area contributed by atoms with Gasteiger partial charge in [0.05, 0.1) is 12.7 Å². The average molecular weight is 359 g/mol. The molecule has 1 aliphatic carbocycles. The van der Waals surface area contributed by atoms with Crippen LogP contribution in [0, 0.1) is 5.92 Å². The summed E-state index contributed by atoms with van der Waals surface area (Å²) in [6.07, 6.45) is 1.92. The van der Waals surface area contributed by atoms with Crippen LogP contribution >= 0.6 is 11.6 Å². The molecule has 6 heteroatoms. The zero-order valence-electron chi connectivity index (χ0n) is 13.8. The number of carbonyl (C=O) groups excluding carboxylic acids is 2. The van der Waals surface area contributed by atoms with E-state index in [1.165, 1.54) is 7.11 Å². The molecule has 2 aromatic rings. The summed E-state index contributed by atoms with van der Waals surface area (Å²) in [5.41, 5.74) is 2.01. The monoisotopic (exact) mass is 358 g/mol. The van der Waals surface area contributed by atoms with Gasteiger partial charge >= 0.3 is 0 Å². The van der Waals surface area contributed by atoms with Crippen LogP contribution in [0.1, 0.15) is 28.8 Å². The van der Waals surface area contributed by atoms with Gasteiger partial charge in [0.15, 0.2) is 0 Å². The second kappa shape index (κ2) is 7.57. The van der Waals surface area contributed by atoms with Crippen LogP contribution in [-0.4, -0.2) is 18.9 Å². The molecule has 0 heterocycles. The normalized spacial score (nSPS) is 13.2. The van der Waals surface area contributed by atoms with Gasteiger partial charge in [-0.15, -0.1) is 0 Å². The van der Waals surface area contributed by atoms with E-state index in [9.17, 15) is 9.59 Å². The lowest BCUT2D eigenvalue weighted by Crippen LogP contribution is -2.23. The maximum absolute atomic E-state index is 12.4. The number of methoxy groups -OCH3 is 1. The molecule has 5 nitrogen and oxygen atoms in total. The van der Waals surface area contributed by atoms with Crippen LogP contribution in [0.5, 0.6) is 5.75 Å². The van der Waals surface area contributed by atoms with Gasteiger partial charge in [0.2, 0.25) is 5.91 Å². The molecule has 0 saturated heterocycles. The molecule has 0 spiro atoms. The number of nitrogens with one attached hydrogen (secondary N) is 2. The van der Waals surface area contributed by atoms with E-state index in [1.807, 2.05) is 24.3 Å². The molecule has 0 atom stereocenters. The largest absolute Gasteiger partial charge is 0.496 e. The Morgan fingerprint density at radius 3 is 2.72 bits per heavy atom. The SMILES string of the molecule is COc1ccc(Cl)cc1C(=O)NCc1cccc(NC(=O)C2CC2)c1. The highest BCUT2D eigenvalue weighted by Gasteiger charge is 2.29. The first-order chi connectivity index (χ1) is 12.1. The van der Waals surface area contributed by atoms with E-state index in [2.05, 4.69) is 10.6 Å². The smallest absolute Gasteiger partial charge is 0.255 e. The Morgan fingerprint density at radius 1 is 1.20 bits per heavy atom. The number of hydrogen-bond acceptors (Lipinski definition) is 3. The first-order valence-electron chi connectivity index (χ1n) is 8.08. The summed E-state index contributed by atoms with van der Waals surface area (Å²) in [4.78, 5) is 24.2. The topological polar surface area (TPSA) is 67.4 Å². The predicted octanol–water partition coefficient (Wildman–Crippen LogP) is 3.63. The highest BCUT2D eigenvalue weighted by molar-refractivity contribution is 6.31. The fraction of sp³-hybridized carbons (Fsp3) is 0.263. The Hall–Kier alpha value is -2.53. The van der Waals surface area contributed by atoms with Crippen molar-refractivity contribution >= 4 is 29.1 Å². The summed E-state index contributed by atoms with van der Waals surface area (Å²) in [5.74, 6) is 0.405. The van der Waals surface area contributed by atoms with E-state index in [1.54, 1.807) is 18.2 Å². The summed E-state index contributed by atoms with van der Waals surface area (Å²) < 4.78 is 5.20. The number of carbonyl (C=O) groups is 2. The van der Waals surface area contributed by atoms with Crippen molar-refractivity contribution in [3.8, 4) is 5.75 Å². The first kappa shape index (κ1) is 17.3. The molecule has 130 valence electrons. The maximum atomic E-state index is 12.4. The van der Waals surface area contributed by atoms with E-state index in [0.29, 0.717) is 22.9 Å². The van der Waals surface area contributed by atoms with E-state index in [0.717, 1.165) is 24.1 Å². The minimum absolute atomic E-state index is 0.0600. The van der Waals surface area contributed by atoms with Gasteiger partial charge in [-0.05, 0) is 48.7 Å². The van der Waals surface area contributed by atoms with Gasteiger partial charge in [0.1, 0.15) is 5.75 Å². The molecule has 0 aromatic heterocycles. The van der Waals surface area contributed by atoms with Gasteiger partial charge in [-0.3, -0.25) is 9.59 Å². The molecule has 0 bridgehead atoms. The molecule has 1 aliphatic rings. The number of hydrogen-bond donors (Lipinski definition) is 2. The van der Waals surface area contributed by atoms with Crippen LogP contribution in [0.2, 0.25) is 5.02 Å². The van der Waals surface area contributed by atoms with Crippen LogP contribution in [0.4, 0.5) is 5.69 Å². The summed E-state index contributed by atoms with van der Waals surface area (Å²) >= 11 is 5.96. The molecule has 2 N–H and O–H groups in total. The molecule has 0 aliphatic heterocycles. The second-order valence-corrected chi connectivity index (χ2v) is 6.43. The molecule has 0 radical (unpaired) electrons. The molecule has 1 fully saturated rings. The zero-order chi connectivity index (χ0) is 17.8. The van der Waals surface area contributed by atoms with Gasteiger partial charge < -0.3 is 15.4 Å². The lowest BCUT2D eigenvalue weighted by molar-refractivity contribution is -0.117. The number of benzene rings is 2. The van der Waals surface area contributed by atoms with Crippen molar-refractivity contribution in [2.45, 2.75) is 19.4 Å². The maximum Gasteiger partial charge on any atom is 0.255 e. The molecule has 2 amide bonds. The molecule has 3 rings (SSSR count). The Balaban J connectivity index is 1.64. The van der Waals surface area contributed by atoms with E-state index >= 15 is 0 Å². The average Bonchev–Trinajstić information content (AvgIpc) is 3.45. The van der Waals surface area contributed by atoms with Crippen molar-refractivity contribution in [3.63, 3.8) is 0 Å². The second-order valence-electron chi connectivity index (χ2n) is 5.99. The third-order valence-electron chi connectivity index (χ3n) is 4.00. The van der Waals surface area contributed by atoms with Crippen LogP contribution in [0.15, 0.2) is 42.5 Å². The summed E-state index contributed by atoms with van der Waals surface area (Å²) in [7, 11) is 1.51. The fourth-order valence-electron chi connectivity index (χ4n) is 2.48. The first-order valence-corrected chi connectivity index (χ1v) is 8.46. The zero-order valence-corrected chi connectivity index (χ0v) is 14.6. The quantitative estimate of drug-likeness (QED) is 0.828. The summed E-state index contributed by atoms with van der Waals surface area (Å²) in [6.45, 7) is 0.335. The summed E-state index contributed by atoms with van der Waals surface area (Å²) in [6, 6.07) is 12.3. The minimum atomic E-state index is -0.272. The van der Waals surface area contributed by atoms with Crippen molar-refractivity contribution in [3.05, 3.63) is 58.6 Å². The van der Waals surface area contributed by atoms with Crippen LogP contribution < -0.4 is 15.4 Å². The summed E-state index contributed by atoms with van der Waals surface area (Å²) in [5, 5.41) is 6.21. The van der Waals surface area contributed by atoms with Crippen molar-refractivity contribution in [1.29, 1.82) is 0 Å². The lowest BCUT2D eigenvalue weighted by atomic mass is 10.1. The van der Waals surface area contributed by atoms with Crippen molar-refractivity contribution in [1.82, 2.24) is 5.32 Å². The standard InChI is InChI=1S/C19H19ClN2O3/c1-25-17-8-7-14(20)10-16(17)19(24)21-11-12-3-2-4-15(9-12)22-18(23)13-5-6-13/h2-4,7-10,13H,5-6,11H2,1H3,(H,21,24)(H,22,23). The third kappa shape index (κ3) is 4.51. The van der Waals surface area contributed by atoms with Crippen LogP contribution in [0.25, 0.3) is 0 Å². The van der Waals surface area contributed by atoms with Gasteiger partial charge in [-0.25, -0.2) is 0 Å². The van der Waals surface area contributed by atoms with E-state index < -0.39 is 0 Å². The molecule has 2 aromatic carbocycles. The van der Waals surface area contributed by atoms with Crippen molar-refractivity contribution < 1.29 is 14.3 Å². The Morgan fingerprint density at radius 2 is 2.00 bits per heavy atom. The Kier molecular flexibility index (Phi) is 5.24. The number of anilines is 1. The van der Waals surface area contributed by atoms with Gasteiger partial charge in [-0.1, -0.05) is 23.7 Å². The van der Waals surface area contributed by atoms with Crippen molar-refractivity contribution in [2.75, 3.05) is 12.4 Å². The number of amides is 2. The third-order valence-corrected chi connectivity index (χ3v) is 4.24. The number of halogens is 1. The highest BCUT2D eigenvalue weighted by atomic mass is 35.5. The Bertz CT molecular complexity index is 803. The molecule has 1 saturated carbocycles. The van der Waals surface area contributed by atoms with Crippen LogP contribution in [-0.2, 0) is 11.3 Å². The van der Waals surface area contributed by atoms with Gasteiger partial charge in [0, 0.05) is 23.2 Å². The van der Waals surface area contributed by atoms with E-state index in [4.69, 9.17) is 16.3 Å². The highest BCUT2D eigenvalue weighted by Crippen LogP contribution is 2.30. The fourth-order valence-corrected chi connectivity index (χ4v) is 2.66. The van der Waals surface area contributed by atoms with Crippen LogP contribution in [0.3, 0.4) is 0 Å². The number of rotatable bonds is 6. The molecule has 0 unspecified atom stereocenters. The number of ether oxygens (including phenoxy) is 1. The van der Waals surface area contributed by atoms with Gasteiger partial charge in [-0.2, -0.15) is 0 Å². The van der Waals surface area contributed by atoms with Gasteiger partial charge in [0.25, 0.3) is 5.91 Å². The minimum Gasteiger partial charge on any atom is -0.496 e. The van der Waals surface area contributed by atoms with E-state index in [-0.39, 0.29) is 17.7 Å². The predicted molar refractivity (Wildman–Crippen MR) is 97.0 cm³/mol.